The molecule has 2 saturated heterocycles. The van der Waals surface area contributed by atoms with Crippen molar-refractivity contribution in [3.05, 3.63) is 52.5 Å². The van der Waals surface area contributed by atoms with Gasteiger partial charge >= 0.3 is 0 Å². The second kappa shape index (κ2) is 8.41. The lowest BCUT2D eigenvalue weighted by molar-refractivity contribution is -0.135. The minimum atomic E-state index is -0.334. The van der Waals surface area contributed by atoms with E-state index in [1.54, 1.807) is 28.4 Å². The van der Waals surface area contributed by atoms with Crippen molar-refractivity contribution in [3.8, 4) is 0 Å². The summed E-state index contributed by atoms with van der Waals surface area (Å²) in [5.41, 5.74) is 1.97. The SMILES string of the molecule is O=C(C1CC(=O)N(c2ccc(F)cc2)C1)N1CCCN(Cc2ccsc2)CC1. The molecule has 2 fully saturated rings. The Morgan fingerprint density at radius 2 is 1.93 bits per heavy atom. The van der Waals surface area contributed by atoms with E-state index in [1.807, 2.05) is 4.90 Å². The van der Waals surface area contributed by atoms with E-state index in [-0.39, 0.29) is 30.0 Å². The van der Waals surface area contributed by atoms with Crippen molar-refractivity contribution in [1.29, 1.82) is 0 Å². The van der Waals surface area contributed by atoms with E-state index in [1.165, 1.54) is 17.7 Å². The van der Waals surface area contributed by atoms with E-state index in [2.05, 4.69) is 21.7 Å². The van der Waals surface area contributed by atoms with Gasteiger partial charge in [0.25, 0.3) is 0 Å². The van der Waals surface area contributed by atoms with Crippen molar-refractivity contribution in [3.63, 3.8) is 0 Å². The fraction of sp³-hybridized carbons (Fsp3) is 0.429. The van der Waals surface area contributed by atoms with Crippen molar-refractivity contribution in [2.75, 3.05) is 37.6 Å². The van der Waals surface area contributed by atoms with Crippen LogP contribution in [0.4, 0.5) is 10.1 Å². The topological polar surface area (TPSA) is 43.9 Å². The zero-order valence-electron chi connectivity index (χ0n) is 15.7. The third-order valence-corrected chi connectivity index (χ3v) is 6.23. The van der Waals surface area contributed by atoms with Crippen molar-refractivity contribution >= 4 is 28.8 Å². The quantitative estimate of drug-likeness (QED) is 0.791. The molecule has 2 aliphatic heterocycles. The molecule has 28 heavy (non-hydrogen) atoms. The van der Waals surface area contributed by atoms with Gasteiger partial charge in [0.1, 0.15) is 5.82 Å². The van der Waals surface area contributed by atoms with Gasteiger partial charge in [-0.1, -0.05) is 0 Å². The molecule has 0 bridgehead atoms. The third-order valence-electron chi connectivity index (χ3n) is 5.50. The number of carbonyl (C=O) groups is 2. The Morgan fingerprint density at radius 3 is 2.68 bits per heavy atom. The molecule has 148 valence electrons. The summed E-state index contributed by atoms with van der Waals surface area (Å²) in [5.74, 6) is -0.658. The van der Waals surface area contributed by atoms with Crippen LogP contribution in [-0.2, 0) is 16.1 Å². The van der Waals surface area contributed by atoms with Crippen LogP contribution in [0, 0.1) is 11.7 Å². The first kappa shape index (κ1) is 19.1. The van der Waals surface area contributed by atoms with E-state index in [9.17, 15) is 14.0 Å². The fourth-order valence-corrected chi connectivity index (χ4v) is 4.65. The fourth-order valence-electron chi connectivity index (χ4n) is 3.99. The molecular formula is C21H24FN3O2S. The summed E-state index contributed by atoms with van der Waals surface area (Å²) >= 11 is 1.71. The zero-order valence-corrected chi connectivity index (χ0v) is 16.5. The molecule has 2 aromatic rings. The van der Waals surface area contributed by atoms with E-state index >= 15 is 0 Å². The van der Waals surface area contributed by atoms with Gasteiger partial charge in [0, 0.05) is 51.4 Å². The van der Waals surface area contributed by atoms with E-state index < -0.39 is 0 Å². The Balaban J connectivity index is 1.35. The summed E-state index contributed by atoms with van der Waals surface area (Å²) < 4.78 is 13.1. The lowest BCUT2D eigenvalue weighted by Gasteiger charge is -2.24. The van der Waals surface area contributed by atoms with Crippen LogP contribution in [0.1, 0.15) is 18.4 Å². The number of carbonyl (C=O) groups excluding carboxylic acids is 2. The minimum absolute atomic E-state index is 0.0651. The van der Waals surface area contributed by atoms with E-state index in [0.29, 0.717) is 18.8 Å². The molecule has 0 spiro atoms. The Hall–Kier alpha value is -2.25. The maximum atomic E-state index is 13.1. The summed E-state index contributed by atoms with van der Waals surface area (Å²) in [7, 11) is 0. The number of hydrogen-bond acceptors (Lipinski definition) is 4. The van der Waals surface area contributed by atoms with Gasteiger partial charge < -0.3 is 9.80 Å². The number of nitrogens with zero attached hydrogens (tertiary/aromatic N) is 3. The monoisotopic (exact) mass is 401 g/mol. The van der Waals surface area contributed by atoms with Crippen molar-refractivity contribution in [2.45, 2.75) is 19.4 Å². The maximum absolute atomic E-state index is 13.1. The van der Waals surface area contributed by atoms with E-state index in [0.717, 1.165) is 32.6 Å². The lowest BCUT2D eigenvalue weighted by Crippen LogP contribution is -2.39. The number of halogens is 1. The molecule has 3 heterocycles. The predicted molar refractivity (Wildman–Crippen MR) is 108 cm³/mol. The average molecular weight is 402 g/mol. The average Bonchev–Trinajstić information content (AvgIpc) is 3.27. The van der Waals surface area contributed by atoms with Crippen LogP contribution in [0.5, 0.6) is 0 Å². The Bertz CT molecular complexity index is 825. The first-order valence-corrected chi connectivity index (χ1v) is 10.6. The molecule has 1 aromatic carbocycles. The van der Waals surface area contributed by atoms with Crippen LogP contribution in [0.15, 0.2) is 41.1 Å². The minimum Gasteiger partial charge on any atom is -0.341 e. The van der Waals surface area contributed by atoms with Crippen molar-refractivity contribution in [2.24, 2.45) is 5.92 Å². The maximum Gasteiger partial charge on any atom is 0.228 e. The van der Waals surface area contributed by atoms with Gasteiger partial charge in [-0.3, -0.25) is 14.5 Å². The Morgan fingerprint density at radius 1 is 1.11 bits per heavy atom. The number of benzene rings is 1. The van der Waals surface area contributed by atoms with Gasteiger partial charge in [-0.25, -0.2) is 4.39 Å². The summed E-state index contributed by atoms with van der Waals surface area (Å²) in [5, 5.41) is 4.26. The first-order valence-electron chi connectivity index (χ1n) is 9.68. The molecule has 5 nitrogen and oxygen atoms in total. The largest absolute Gasteiger partial charge is 0.341 e. The van der Waals surface area contributed by atoms with Crippen molar-refractivity contribution < 1.29 is 14.0 Å². The molecular weight excluding hydrogens is 377 g/mol. The lowest BCUT2D eigenvalue weighted by atomic mass is 10.1. The van der Waals surface area contributed by atoms with Crippen molar-refractivity contribution in [1.82, 2.24) is 9.80 Å². The standard InChI is InChI=1S/C21H24FN3O2S/c22-18-2-4-19(5-3-18)25-14-17(12-20(25)26)21(27)24-8-1-7-23(9-10-24)13-16-6-11-28-15-16/h2-6,11,15,17H,1,7-10,12-14H2. The molecule has 2 amide bonds. The Labute approximate surface area is 168 Å². The van der Waals surface area contributed by atoms with Gasteiger partial charge in [0.2, 0.25) is 11.8 Å². The van der Waals surface area contributed by atoms with Crippen LogP contribution < -0.4 is 4.90 Å². The van der Waals surface area contributed by atoms with Gasteiger partial charge in [-0.05, 0) is 53.1 Å². The summed E-state index contributed by atoms with van der Waals surface area (Å²) in [6, 6.07) is 8.01. The highest BCUT2D eigenvalue weighted by molar-refractivity contribution is 7.07. The number of amides is 2. The molecule has 4 rings (SSSR count). The smallest absolute Gasteiger partial charge is 0.228 e. The molecule has 0 N–H and O–H groups in total. The number of thiophene rings is 1. The molecule has 7 heteroatoms. The normalized spacial score (nSPS) is 21.2. The number of anilines is 1. The zero-order chi connectivity index (χ0) is 19.5. The van der Waals surface area contributed by atoms with Crippen LogP contribution in [0.2, 0.25) is 0 Å². The Kier molecular flexibility index (Phi) is 5.73. The predicted octanol–water partition coefficient (Wildman–Crippen LogP) is 2.97. The second-order valence-corrected chi connectivity index (χ2v) is 8.25. The van der Waals surface area contributed by atoms with Crippen LogP contribution in [0.3, 0.4) is 0 Å². The molecule has 0 saturated carbocycles. The third kappa shape index (κ3) is 4.25. The molecule has 1 unspecified atom stereocenters. The highest BCUT2D eigenvalue weighted by Crippen LogP contribution is 2.27. The van der Waals surface area contributed by atoms with Gasteiger partial charge in [0.15, 0.2) is 0 Å². The van der Waals surface area contributed by atoms with Crippen LogP contribution in [0.25, 0.3) is 0 Å². The van der Waals surface area contributed by atoms with Gasteiger partial charge in [0.05, 0.1) is 5.92 Å². The second-order valence-electron chi connectivity index (χ2n) is 7.47. The molecule has 2 aliphatic rings. The highest BCUT2D eigenvalue weighted by Gasteiger charge is 2.37. The van der Waals surface area contributed by atoms with Gasteiger partial charge in [-0.2, -0.15) is 11.3 Å². The molecule has 0 radical (unpaired) electrons. The number of rotatable bonds is 4. The number of hydrogen-bond donors (Lipinski definition) is 0. The van der Waals surface area contributed by atoms with Crippen LogP contribution in [-0.4, -0.2) is 54.3 Å². The summed E-state index contributed by atoms with van der Waals surface area (Å²) in [4.78, 5) is 31.3. The molecule has 1 aromatic heterocycles. The molecule has 1 atom stereocenters. The first-order chi connectivity index (χ1) is 13.6. The summed E-state index contributed by atoms with van der Waals surface area (Å²) in [6.45, 7) is 4.56. The van der Waals surface area contributed by atoms with E-state index in [4.69, 9.17) is 0 Å². The van der Waals surface area contributed by atoms with Gasteiger partial charge in [-0.15, -0.1) is 0 Å². The highest BCUT2D eigenvalue weighted by atomic mass is 32.1. The van der Waals surface area contributed by atoms with Crippen LogP contribution >= 0.6 is 11.3 Å². The summed E-state index contributed by atoms with van der Waals surface area (Å²) in [6.07, 6.45) is 1.17. The molecule has 0 aliphatic carbocycles.